The zero-order valence-corrected chi connectivity index (χ0v) is 16.9. The van der Waals surface area contributed by atoms with Crippen LogP contribution in [0.15, 0.2) is 66.7 Å². The number of ether oxygens (including phenoxy) is 1. The van der Waals surface area contributed by atoms with Crippen LogP contribution in [0.4, 0.5) is 0 Å². The molecule has 0 saturated heterocycles. The molecule has 0 fully saturated rings. The lowest BCUT2D eigenvalue weighted by atomic mass is 10.1. The summed E-state index contributed by atoms with van der Waals surface area (Å²) in [5.74, 6) is -0.00713. The highest BCUT2D eigenvalue weighted by molar-refractivity contribution is 5.91. The molecule has 0 saturated carbocycles. The van der Waals surface area contributed by atoms with Gasteiger partial charge in [-0.2, -0.15) is 0 Å². The van der Waals surface area contributed by atoms with Gasteiger partial charge in [0, 0.05) is 6.54 Å². The molecule has 0 aromatic heterocycles. The van der Waals surface area contributed by atoms with Gasteiger partial charge in [0.25, 0.3) is 0 Å². The zero-order chi connectivity index (χ0) is 20.6. The maximum absolute atomic E-state index is 11.4. The van der Waals surface area contributed by atoms with Gasteiger partial charge in [0.15, 0.2) is 0 Å². The monoisotopic (exact) mass is 389 g/mol. The summed E-state index contributed by atoms with van der Waals surface area (Å²) in [5, 5.41) is 12.8. The fraction of sp³-hybridized carbons (Fsp3) is 0.240. The first-order valence-electron chi connectivity index (χ1n) is 9.88. The van der Waals surface area contributed by atoms with Gasteiger partial charge in [0.05, 0.1) is 0 Å². The average Bonchev–Trinajstić information content (AvgIpc) is 2.69. The van der Waals surface area contributed by atoms with E-state index >= 15 is 0 Å². The summed E-state index contributed by atoms with van der Waals surface area (Å²) < 4.78 is 5.81. The van der Waals surface area contributed by atoms with Gasteiger partial charge in [0.2, 0.25) is 0 Å². The van der Waals surface area contributed by atoms with Crippen molar-refractivity contribution in [2.45, 2.75) is 33.2 Å². The third kappa shape index (κ3) is 6.19. The van der Waals surface area contributed by atoms with Crippen LogP contribution < -0.4 is 10.1 Å². The van der Waals surface area contributed by atoms with Crippen LogP contribution in [0.5, 0.6) is 11.5 Å². The standard InChI is InChI=1S/C25H27NO3/c1-18-5-3-6-20(15-18)7-4-14-26-17-21-9-11-22(12-10-21)29-24-16-19(2)8-13-23(24)25(27)28/h3,5-6,8-13,15-16,26H,4,7,14,17H2,1-2H3,(H,27,28). The predicted molar refractivity (Wildman–Crippen MR) is 116 cm³/mol. The molecule has 0 spiro atoms. The Kier molecular flexibility index (Phi) is 7.04. The van der Waals surface area contributed by atoms with Gasteiger partial charge < -0.3 is 15.2 Å². The van der Waals surface area contributed by atoms with Crippen molar-refractivity contribution in [3.05, 3.63) is 94.5 Å². The fourth-order valence-corrected chi connectivity index (χ4v) is 3.21. The van der Waals surface area contributed by atoms with Gasteiger partial charge in [-0.05, 0) is 74.2 Å². The summed E-state index contributed by atoms with van der Waals surface area (Å²) in [4.78, 5) is 11.4. The molecule has 0 heterocycles. The van der Waals surface area contributed by atoms with Gasteiger partial charge >= 0.3 is 5.97 Å². The third-order valence-corrected chi connectivity index (χ3v) is 4.75. The first-order valence-corrected chi connectivity index (χ1v) is 9.88. The summed E-state index contributed by atoms with van der Waals surface area (Å²) in [6, 6.07) is 21.5. The van der Waals surface area contributed by atoms with E-state index in [2.05, 4.69) is 36.5 Å². The van der Waals surface area contributed by atoms with E-state index in [9.17, 15) is 9.90 Å². The number of carboxylic acid groups (broad SMARTS) is 1. The molecule has 4 nitrogen and oxygen atoms in total. The molecule has 0 aliphatic carbocycles. The molecular weight excluding hydrogens is 362 g/mol. The molecule has 2 N–H and O–H groups in total. The van der Waals surface area contributed by atoms with Gasteiger partial charge in [-0.15, -0.1) is 0 Å². The lowest BCUT2D eigenvalue weighted by molar-refractivity contribution is 0.0694. The number of hydrogen-bond donors (Lipinski definition) is 2. The highest BCUT2D eigenvalue weighted by Crippen LogP contribution is 2.27. The first-order chi connectivity index (χ1) is 14.0. The van der Waals surface area contributed by atoms with E-state index < -0.39 is 5.97 Å². The minimum atomic E-state index is -0.994. The lowest BCUT2D eigenvalue weighted by Crippen LogP contribution is -2.15. The Morgan fingerprint density at radius 3 is 2.41 bits per heavy atom. The smallest absolute Gasteiger partial charge is 0.339 e. The molecule has 150 valence electrons. The average molecular weight is 389 g/mol. The minimum absolute atomic E-state index is 0.162. The second-order valence-electron chi connectivity index (χ2n) is 7.32. The summed E-state index contributed by atoms with van der Waals surface area (Å²) in [6.07, 6.45) is 2.17. The van der Waals surface area contributed by atoms with Gasteiger partial charge in [-0.25, -0.2) is 4.79 Å². The second kappa shape index (κ2) is 9.89. The van der Waals surface area contributed by atoms with Crippen molar-refractivity contribution in [2.75, 3.05) is 6.54 Å². The quantitative estimate of drug-likeness (QED) is 0.473. The molecule has 0 bridgehead atoms. The largest absolute Gasteiger partial charge is 0.478 e. The van der Waals surface area contributed by atoms with Crippen molar-refractivity contribution in [3.8, 4) is 11.5 Å². The van der Waals surface area contributed by atoms with Gasteiger partial charge in [0.1, 0.15) is 17.1 Å². The number of carboxylic acids is 1. The molecule has 3 aromatic carbocycles. The van der Waals surface area contributed by atoms with Gasteiger partial charge in [-0.1, -0.05) is 48.0 Å². The molecule has 0 unspecified atom stereocenters. The maximum atomic E-state index is 11.4. The summed E-state index contributed by atoms with van der Waals surface area (Å²) in [7, 11) is 0. The number of aromatic carboxylic acids is 1. The molecule has 0 aliphatic rings. The second-order valence-corrected chi connectivity index (χ2v) is 7.32. The molecule has 0 aliphatic heterocycles. The van der Waals surface area contributed by atoms with E-state index in [0.717, 1.165) is 37.1 Å². The summed E-state index contributed by atoms with van der Waals surface area (Å²) >= 11 is 0. The number of aryl methyl sites for hydroxylation is 3. The van der Waals surface area contributed by atoms with Crippen molar-refractivity contribution < 1.29 is 14.6 Å². The number of hydrogen-bond acceptors (Lipinski definition) is 3. The maximum Gasteiger partial charge on any atom is 0.339 e. The van der Waals surface area contributed by atoms with Crippen LogP contribution in [0.25, 0.3) is 0 Å². The Bertz CT molecular complexity index is 964. The van der Waals surface area contributed by atoms with Crippen molar-refractivity contribution in [3.63, 3.8) is 0 Å². The molecule has 29 heavy (non-hydrogen) atoms. The molecule has 3 aromatic rings. The van der Waals surface area contributed by atoms with Crippen LogP contribution in [0, 0.1) is 13.8 Å². The third-order valence-electron chi connectivity index (χ3n) is 4.75. The Hall–Kier alpha value is -3.11. The Morgan fingerprint density at radius 1 is 0.931 bits per heavy atom. The lowest BCUT2D eigenvalue weighted by Gasteiger charge is -2.11. The van der Waals surface area contributed by atoms with E-state index in [1.807, 2.05) is 31.2 Å². The van der Waals surface area contributed by atoms with Gasteiger partial charge in [-0.3, -0.25) is 0 Å². The number of carbonyl (C=O) groups is 1. The van der Waals surface area contributed by atoms with Crippen LogP contribution in [0.3, 0.4) is 0 Å². The SMILES string of the molecule is Cc1cccc(CCCNCc2ccc(Oc3cc(C)ccc3C(=O)O)cc2)c1. The number of nitrogens with one attached hydrogen (secondary N) is 1. The van der Waals surface area contributed by atoms with E-state index in [4.69, 9.17) is 4.74 Å². The van der Waals surface area contributed by atoms with Crippen LogP contribution >= 0.6 is 0 Å². The number of benzene rings is 3. The minimum Gasteiger partial charge on any atom is -0.478 e. The molecule has 4 heteroatoms. The zero-order valence-electron chi connectivity index (χ0n) is 16.9. The Labute approximate surface area is 172 Å². The van der Waals surface area contributed by atoms with Crippen molar-refractivity contribution >= 4 is 5.97 Å². The molecule has 0 amide bonds. The summed E-state index contributed by atoms with van der Waals surface area (Å²) in [5.41, 5.74) is 4.96. The van der Waals surface area contributed by atoms with E-state index in [0.29, 0.717) is 11.5 Å². The molecule has 0 atom stereocenters. The normalized spacial score (nSPS) is 10.7. The topological polar surface area (TPSA) is 58.6 Å². The molecular formula is C25H27NO3. The van der Waals surface area contributed by atoms with Crippen LogP contribution in [0.1, 0.15) is 39.0 Å². The Balaban J connectivity index is 1.48. The molecule has 3 rings (SSSR count). The van der Waals surface area contributed by atoms with Crippen LogP contribution in [-0.2, 0) is 13.0 Å². The van der Waals surface area contributed by atoms with Crippen molar-refractivity contribution in [1.29, 1.82) is 0 Å². The van der Waals surface area contributed by atoms with E-state index in [1.54, 1.807) is 18.2 Å². The van der Waals surface area contributed by atoms with Crippen LogP contribution in [-0.4, -0.2) is 17.6 Å². The van der Waals surface area contributed by atoms with Crippen molar-refractivity contribution in [1.82, 2.24) is 5.32 Å². The highest BCUT2D eigenvalue weighted by Gasteiger charge is 2.12. The number of rotatable bonds is 9. The van der Waals surface area contributed by atoms with E-state index in [1.165, 1.54) is 11.1 Å². The van der Waals surface area contributed by atoms with E-state index in [-0.39, 0.29) is 5.56 Å². The van der Waals surface area contributed by atoms with Crippen LogP contribution in [0.2, 0.25) is 0 Å². The Morgan fingerprint density at radius 2 is 1.69 bits per heavy atom. The van der Waals surface area contributed by atoms with Crippen molar-refractivity contribution in [2.24, 2.45) is 0 Å². The highest BCUT2D eigenvalue weighted by atomic mass is 16.5. The predicted octanol–water partition coefficient (Wildman–Crippen LogP) is 5.52. The molecule has 0 radical (unpaired) electrons. The first kappa shape index (κ1) is 20.6. The summed E-state index contributed by atoms with van der Waals surface area (Å²) in [6.45, 7) is 5.78. The fourth-order valence-electron chi connectivity index (χ4n) is 3.21.